The zero-order valence-corrected chi connectivity index (χ0v) is 13.0. The van der Waals surface area contributed by atoms with Gasteiger partial charge in [-0.1, -0.05) is 36.4 Å². The van der Waals surface area contributed by atoms with E-state index in [1.165, 1.54) is 0 Å². The van der Waals surface area contributed by atoms with Gasteiger partial charge >= 0.3 is 0 Å². The number of benzene rings is 3. The number of hydrogen-bond acceptors (Lipinski definition) is 4. The third-order valence-electron chi connectivity index (χ3n) is 3.73. The van der Waals surface area contributed by atoms with Crippen molar-refractivity contribution in [2.45, 2.75) is 6.92 Å². The number of hydrogen-bond donors (Lipinski definition) is 3. The van der Waals surface area contributed by atoms with E-state index in [9.17, 15) is 15.0 Å². The van der Waals surface area contributed by atoms with E-state index in [0.717, 1.165) is 10.8 Å². The van der Waals surface area contributed by atoms with Gasteiger partial charge in [0.05, 0.1) is 11.3 Å². The molecule has 0 fully saturated rings. The Morgan fingerprint density at radius 3 is 2.21 bits per heavy atom. The quantitative estimate of drug-likeness (QED) is 0.511. The van der Waals surface area contributed by atoms with Crippen LogP contribution in [0.3, 0.4) is 0 Å². The molecule has 0 saturated carbocycles. The number of fused-ring (bicyclic) bond motifs is 1. The SMILES string of the molecule is CC(=NNC(=O)c1cc2ccccc2cc1O)c1ccccc1O. The lowest BCUT2D eigenvalue weighted by Gasteiger charge is -2.07. The van der Waals surface area contributed by atoms with Gasteiger partial charge in [0, 0.05) is 5.56 Å². The number of phenols is 2. The van der Waals surface area contributed by atoms with E-state index in [2.05, 4.69) is 10.5 Å². The molecule has 0 aromatic heterocycles. The molecule has 0 aliphatic carbocycles. The Morgan fingerprint density at radius 2 is 1.50 bits per heavy atom. The van der Waals surface area contributed by atoms with Crippen LogP contribution in [0.5, 0.6) is 11.5 Å². The van der Waals surface area contributed by atoms with Crippen LogP contribution in [0.15, 0.2) is 65.8 Å². The Kier molecular flexibility index (Phi) is 4.16. The predicted molar refractivity (Wildman–Crippen MR) is 93.4 cm³/mol. The summed E-state index contributed by atoms with van der Waals surface area (Å²) >= 11 is 0. The summed E-state index contributed by atoms with van der Waals surface area (Å²) in [4.78, 5) is 12.3. The van der Waals surface area contributed by atoms with Gasteiger partial charge in [-0.25, -0.2) is 5.43 Å². The predicted octanol–water partition coefficient (Wildman–Crippen LogP) is 3.41. The summed E-state index contributed by atoms with van der Waals surface area (Å²) in [7, 11) is 0. The molecular formula is C19H16N2O3. The van der Waals surface area contributed by atoms with Crippen molar-refractivity contribution in [2.24, 2.45) is 5.10 Å². The smallest absolute Gasteiger partial charge is 0.275 e. The van der Waals surface area contributed by atoms with Gasteiger partial charge in [0.25, 0.3) is 5.91 Å². The second-order valence-electron chi connectivity index (χ2n) is 5.37. The first-order chi connectivity index (χ1) is 11.6. The summed E-state index contributed by atoms with van der Waals surface area (Å²) in [6, 6.07) is 17.3. The summed E-state index contributed by atoms with van der Waals surface area (Å²) in [5.74, 6) is -0.545. The highest BCUT2D eigenvalue weighted by Crippen LogP contribution is 2.25. The van der Waals surface area contributed by atoms with Crippen LogP contribution in [-0.4, -0.2) is 21.8 Å². The summed E-state index contributed by atoms with van der Waals surface area (Å²) < 4.78 is 0. The molecule has 0 atom stereocenters. The summed E-state index contributed by atoms with van der Waals surface area (Å²) in [6.07, 6.45) is 0. The number of nitrogens with one attached hydrogen (secondary N) is 1. The molecule has 3 N–H and O–H groups in total. The molecule has 3 rings (SSSR count). The lowest BCUT2D eigenvalue weighted by atomic mass is 10.1. The lowest BCUT2D eigenvalue weighted by molar-refractivity contribution is 0.0952. The Bertz CT molecular complexity index is 948. The fourth-order valence-electron chi connectivity index (χ4n) is 2.44. The molecule has 5 heteroatoms. The average molecular weight is 320 g/mol. The van der Waals surface area contributed by atoms with Crippen molar-refractivity contribution in [1.29, 1.82) is 0 Å². The van der Waals surface area contributed by atoms with E-state index < -0.39 is 5.91 Å². The molecule has 24 heavy (non-hydrogen) atoms. The summed E-state index contributed by atoms with van der Waals surface area (Å²) in [6.45, 7) is 1.68. The number of phenolic OH excluding ortho intramolecular Hbond substituents is 2. The van der Waals surface area contributed by atoms with Gasteiger partial charge in [-0.05, 0) is 42.0 Å². The summed E-state index contributed by atoms with van der Waals surface area (Å²) in [5, 5.41) is 25.5. The van der Waals surface area contributed by atoms with Crippen molar-refractivity contribution < 1.29 is 15.0 Å². The molecule has 0 bridgehead atoms. The second-order valence-corrected chi connectivity index (χ2v) is 5.37. The Balaban J connectivity index is 1.86. The largest absolute Gasteiger partial charge is 0.507 e. The third kappa shape index (κ3) is 3.05. The molecule has 0 radical (unpaired) electrons. The molecule has 0 heterocycles. The van der Waals surface area contributed by atoms with Gasteiger partial charge in [-0.3, -0.25) is 4.79 Å². The number of carbonyl (C=O) groups is 1. The first-order valence-corrected chi connectivity index (χ1v) is 7.41. The maximum absolute atomic E-state index is 12.3. The number of para-hydroxylation sites is 1. The standard InChI is InChI=1S/C19H16N2O3/c1-12(15-8-4-5-9-17(15)22)20-21-19(24)16-10-13-6-2-3-7-14(13)11-18(16)23/h2-11,22-23H,1H3,(H,21,24). The Labute approximate surface area is 138 Å². The minimum atomic E-state index is -0.520. The van der Waals surface area contributed by atoms with E-state index in [1.54, 1.807) is 43.3 Å². The molecule has 3 aromatic carbocycles. The van der Waals surface area contributed by atoms with E-state index in [-0.39, 0.29) is 17.1 Å². The van der Waals surface area contributed by atoms with Crippen LogP contribution in [0.25, 0.3) is 10.8 Å². The monoisotopic (exact) mass is 320 g/mol. The Hall–Kier alpha value is -3.34. The normalized spacial score (nSPS) is 11.5. The van der Waals surface area contributed by atoms with Gasteiger partial charge < -0.3 is 10.2 Å². The topological polar surface area (TPSA) is 81.9 Å². The van der Waals surface area contributed by atoms with Gasteiger partial charge in [0.2, 0.25) is 0 Å². The van der Waals surface area contributed by atoms with Crippen LogP contribution in [0, 0.1) is 0 Å². The molecule has 0 aliphatic heterocycles. The van der Waals surface area contributed by atoms with E-state index in [4.69, 9.17) is 0 Å². The first kappa shape index (κ1) is 15.6. The van der Waals surface area contributed by atoms with Crippen LogP contribution in [0.2, 0.25) is 0 Å². The van der Waals surface area contributed by atoms with Crippen LogP contribution in [0.4, 0.5) is 0 Å². The number of hydrazone groups is 1. The molecule has 3 aromatic rings. The molecule has 0 spiro atoms. The van der Waals surface area contributed by atoms with Crippen molar-refractivity contribution in [3.05, 3.63) is 71.8 Å². The van der Waals surface area contributed by atoms with Crippen LogP contribution in [0.1, 0.15) is 22.8 Å². The summed E-state index contributed by atoms with van der Waals surface area (Å²) in [5.41, 5.74) is 3.54. The number of aromatic hydroxyl groups is 2. The van der Waals surface area contributed by atoms with Crippen molar-refractivity contribution in [2.75, 3.05) is 0 Å². The zero-order valence-electron chi connectivity index (χ0n) is 13.0. The van der Waals surface area contributed by atoms with Gasteiger partial charge in [0.1, 0.15) is 11.5 Å². The van der Waals surface area contributed by atoms with Crippen LogP contribution < -0.4 is 5.43 Å². The molecule has 5 nitrogen and oxygen atoms in total. The van der Waals surface area contributed by atoms with E-state index in [1.807, 2.05) is 24.3 Å². The lowest BCUT2D eigenvalue weighted by Crippen LogP contribution is -2.19. The first-order valence-electron chi connectivity index (χ1n) is 7.41. The number of rotatable bonds is 3. The molecule has 0 saturated heterocycles. The third-order valence-corrected chi connectivity index (χ3v) is 3.73. The van der Waals surface area contributed by atoms with E-state index >= 15 is 0 Å². The fourth-order valence-corrected chi connectivity index (χ4v) is 2.44. The fraction of sp³-hybridized carbons (Fsp3) is 0.0526. The van der Waals surface area contributed by atoms with Crippen LogP contribution in [-0.2, 0) is 0 Å². The second kappa shape index (κ2) is 6.42. The highest BCUT2D eigenvalue weighted by molar-refractivity contribution is 6.04. The van der Waals surface area contributed by atoms with Gasteiger partial charge in [-0.15, -0.1) is 0 Å². The maximum Gasteiger partial charge on any atom is 0.275 e. The van der Waals surface area contributed by atoms with Crippen LogP contribution >= 0.6 is 0 Å². The van der Waals surface area contributed by atoms with Crippen molar-refractivity contribution in [3.63, 3.8) is 0 Å². The highest BCUT2D eigenvalue weighted by atomic mass is 16.3. The number of carbonyl (C=O) groups excluding carboxylic acids is 1. The number of amides is 1. The molecule has 0 unspecified atom stereocenters. The maximum atomic E-state index is 12.3. The molecule has 1 amide bonds. The van der Waals surface area contributed by atoms with Crippen molar-refractivity contribution >= 4 is 22.4 Å². The molecular weight excluding hydrogens is 304 g/mol. The highest BCUT2D eigenvalue weighted by Gasteiger charge is 2.12. The minimum absolute atomic E-state index is 0.0848. The Morgan fingerprint density at radius 1 is 0.875 bits per heavy atom. The minimum Gasteiger partial charge on any atom is -0.507 e. The average Bonchev–Trinajstić information content (AvgIpc) is 2.59. The van der Waals surface area contributed by atoms with Crippen molar-refractivity contribution in [3.8, 4) is 11.5 Å². The number of nitrogens with zero attached hydrogens (tertiary/aromatic N) is 1. The molecule has 0 aliphatic rings. The zero-order chi connectivity index (χ0) is 17.1. The van der Waals surface area contributed by atoms with Gasteiger partial charge in [0.15, 0.2) is 0 Å². The van der Waals surface area contributed by atoms with Crippen molar-refractivity contribution in [1.82, 2.24) is 5.43 Å². The van der Waals surface area contributed by atoms with Gasteiger partial charge in [-0.2, -0.15) is 5.10 Å². The molecule has 120 valence electrons. The van der Waals surface area contributed by atoms with E-state index in [0.29, 0.717) is 11.3 Å².